The summed E-state index contributed by atoms with van der Waals surface area (Å²) in [4.78, 5) is 0. The lowest BCUT2D eigenvalue weighted by Gasteiger charge is -2.11. The van der Waals surface area contributed by atoms with Gasteiger partial charge in [-0.1, -0.05) is 46.9 Å². The van der Waals surface area contributed by atoms with Crippen molar-refractivity contribution in [1.29, 1.82) is 5.41 Å². The van der Waals surface area contributed by atoms with E-state index in [2.05, 4.69) is 0 Å². The highest BCUT2D eigenvalue weighted by Gasteiger charge is 2.12. The van der Waals surface area contributed by atoms with Crippen LogP contribution in [0, 0.1) is 11.2 Å². The number of rotatable bonds is 4. The normalized spacial score (nSPS) is 10.5. The van der Waals surface area contributed by atoms with Crippen LogP contribution in [0.4, 0.5) is 4.39 Å². The van der Waals surface area contributed by atoms with Crippen molar-refractivity contribution in [1.82, 2.24) is 0 Å². The van der Waals surface area contributed by atoms with Gasteiger partial charge in [-0.2, -0.15) is 0 Å². The van der Waals surface area contributed by atoms with Gasteiger partial charge in [-0.25, -0.2) is 4.39 Å². The van der Waals surface area contributed by atoms with Gasteiger partial charge in [-0.3, -0.25) is 5.41 Å². The number of nitrogen functional groups attached to an aromatic ring is 1. The molecule has 2 aromatic carbocycles. The zero-order valence-corrected chi connectivity index (χ0v) is 12.9. The van der Waals surface area contributed by atoms with E-state index >= 15 is 0 Å². The van der Waals surface area contributed by atoms with E-state index in [1.165, 1.54) is 24.3 Å². The maximum absolute atomic E-state index is 14.1. The molecule has 0 saturated heterocycles. The molecule has 2 aromatic rings. The topological polar surface area (TPSA) is 59.1 Å². The molecule has 0 saturated carbocycles. The molecule has 3 nitrogen and oxygen atoms in total. The highest BCUT2D eigenvalue weighted by molar-refractivity contribution is 6.43. The quantitative estimate of drug-likeness (QED) is 0.480. The maximum Gasteiger partial charge on any atom is 0.140 e. The van der Waals surface area contributed by atoms with Crippen LogP contribution in [-0.4, -0.2) is 5.84 Å². The molecule has 21 heavy (non-hydrogen) atoms. The third kappa shape index (κ3) is 3.59. The van der Waals surface area contributed by atoms with Crippen LogP contribution in [0.25, 0.3) is 0 Å². The molecule has 0 aliphatic rings. The van der Waals surface area contributed by atoms with Crippen LogP contribution in [-0.2, 0) is 6.61 Å². The van der Waals surface area contributed by atoms with E-state index in [1.54, 1.807) is 6.07 Å². The van der Waals surface area contributed by atoms with Gasteiger partial charge in [0.25, 0.3) is 0 Å². The van der Waals surface area contributed by atoms with Crippen molar-refractivity contribution in [3.8, 4) is 5.75 Å². The third-order valence-electron chi connectivity index (χ3n) is 2.73. The molecule has 0 aromatic heterocycles. The number of nitrogens with one attached hydrogen (secondary N) is 1. The first-order valence-electron chi connectivity index (χ1n) is 5.79. The standard InChI is InChI=1S/C14H10Cl3FN2O/c15-9-4-11(17)12(5-10(9)16)21-6-7-2-1-3-8(13(7)18)14(19)20/h1-5H,6H2,(H3,19,20). The molecule has 3 N–H and O–H groups in total. The Hall–Kier alpha value is -1.49. The highest BCUT2D eigenvalue weighted by atomic mass is 35.5. The van der Waals surface area contributed by atoms with E-state index in [9.17, 15) is 4.39 Å². The Morgan fingerprint density at radius 2 is 1.81 bits per heavy atom. The molecule has 0 radical (unpaired) electrons. The lowest BCUT2D eigenvalue weighted by molar-refractivity contribution is 0.300. The van der Waals surface area contributed by atoms with E-state index < -0.39 is 5.82 Å². The van der Waals surface area contributed by atoms with E-state index in [0.717, 1.165) is 0 Å². The maximum atomic E-state index is 14.1. The minimum atomic E-state index is -0.596. The van der Waals surface area contributed by atoms with Gasteiger partial charge in [-0.15, -0.1) is 0 Å². The van der Waals surface area contributed by atoms with Gasteiger partial charge in [0.1, 0.15) is 24.0 Å². The predicted octanol–water partition coefficient (Wildman–Crippen LogP) is 4.65. The first-order valence-corrected chi connectivity index (χ1v) is 6.92. The molecule has 0 heterocycles. The number of halogens is 4. The van der Waals surface area contributed by atoms with E-state index in [1.807, 2.05) is 0 Å². The predicted molar refractivity (Wildman–Crippen MR) is 83.2 cm³/mol. The number of hydrogen-bond acceptors (Lipinski definition) is 2. The van der Waals surface area contributed by atoms with Crippen molar-refractivity contribution >= 4 is 40.6 Å². The van der Waals surface area contributed by atoms with Crippen molar-refractivity contribution in [2.45, 2.75) is 6.61 Å². The molecular formula is C14H10Cl3FN2O. The molecule has 0 aliphatic heterocycles. The van der Waals surface area contributed by atoms with Crippen molar-refractivity contribution < 1.29 is 9.13 Å². The monoisotopic (exact) mass is 346 g/mol. The summed E-state index contributed by atoms with van der Waals surface area (Å²) < 4.78 is 19.5. The lowest BCUT2D eigenvalue weighted by atomic mass is 10.1. The minimum Gasteiger partial charge on any atom is -0.487 e. The van der Waals surface area contributed by atoms with Crippen LogP contribution >= 0.6 is 34.8 Å². The Morgan fingerprint density at radius 3 is 2.48 bits per heavy atom. The molecule has 2 rings (SSSR count). The summed E-state index contributed by atoms with van der Waals surface area (Å²) in [5, 5.41) is 8.16. The molecule has 0 unspecified atom stereocenters. The van der Waals surface area contributed by atoms with Crippen LogP contribution in [0.2, 0.25) is 15.1 Å². The first-order chi connectivity index (χ1) is 9.90. The molecular weight excluding hydrogens is 338 g/mol. The largest absolute Gasteiger partial charge is 0.487 e. The van der Waals surface area contributed by atoms with Gasteiger partial charge in [0, 0.05) is 11.6 Å². The van der Waals surface area contributed by atoms with Gasteiger partial charge < -0.3 is 10.5 Å². The smallest absolute Gasteiger partial charge is 0.140 e. The number of ether oxygens (including phenoxy) is 1. The summed E-state index contributed by atoms with van der Waals surface area (Å²) in [6, 6.07) is 7.46. The number of benzene rings is 2. The summed E-state index contributed by atoms with van der Waals surface area (Å²) >= 11 is 17.7. The molecule has 0 fully saturated rings. The van der Waals surface area contributed by atoms with Crippen LogP contribution in [0.3, 0.4) is 0 Å². The average molecular weight is 348 g/mol. The fourth-order valence-electron chi connectivity index (χ4n) is 1.67. The Balaban J connectivity index is 2.23. The van der Waals surface area contributed by atoms with Crippen molar-refractivity contribution in [2.75, 3.05) is 0 Å². The Morgan fingerprint density at radius 1 is 1.14 bits per heavy atom. The first kappa shape index (κ1) is 15.9. The fourth-order valence-corrected chi connectivity index (χ4v) is 2.26. The highest BCUT2D eigenvalue weighted by Crippen LogP contribution is 2.34. The van der Waals surface area contributed by atoms with Gasteiger partial charge in [0.15, 0.2) is 0 Å². The lowest BCUT2D eigenvalue weighted by Crippen LogP contribution is -2.14. The molecule has 0 amide bonds. The van der Waals surface area contributed by atoms with Crippen LogP contribution in [0.1, 0.15) is 11.1 Å². The second-order valence-electron chi connectivity index (χ2n) is 4.18. The number of amidine groups is 1. The molecule has 0 spiro atoms. The zero-order valence-electron chi connectivity index (χ0n) is 10.6. The summed E-state index contributed by atoms with van der Waals surface area (Å²) in [6.45, 7) is -0.0787. The van der Waals surface area contributed by atoms with Crippen LogP contribution in [0.5, 0.6) is 5.75 Å². The van der Waals surface area contributed by atoms with E-state index in [4.69, 9.17) is 50.7 Å². The Labute approximate surface area is 135 Å². The van der Waals surface area contributed by atoms with Gasteiger partial charge in [0.05, 0.1) is 20.6 Å². The van der Waals surface area contributed by atoms with Crippen LogP contribution < -0.4 is 10.5 Å². The molecule has 7 heteroatoms. The van der Waals surface area contributed by atoms with E-state index in [-0.39, 0.29) is 33.6 Å². The minimum absolute atomic E-state index is 0.0244. The number of hydrogen-bond donors (Lipinski definition) is 2. The number of nitrogens with two attached hydrogens (primary N) is 1. The summed E-state index contributed by atoms with van der Waals surface area (Å²) in [7, 11) is 0. The molecule has 0 aliphatic carbocycles. The Bertz CT molecular complexity index is 707. The fraction of sp³-hybridized carbons (Fsp3) is 0.0714. The molecule has 0 atom stereocenters. The van der Waals surface area contributed by atoms with Gasteiger partial charge >= 0.3 is 0 Å². The van der Waals surface area contributed by atoms with Crippen molar-refractivity contribution in [3.63, 3.8) is 0 Å². The summed E-state index contributed by atoms with van der Waals surface area (Å²) in [5.74, 6) is -0.651. The second-order valence-corrected chi connectivity index (χ2v) is 5.40. The summed E-state index contributed by atoms with van der Waals surface area (Å²) in [5.41, 5.74) is 5.58. The molecule has 110 valence electrons. The SMILES string of the molecule is N=C(N)c1cccc(COc2cc(Cl)c(Cl)cc2Cl)c1F. The molecule has 0 bridgehead atoms. The average Bonchev–Trinajstić information content (AvgIpc) is 2.42. The van der Waals surface area contributed by atoms with Gasteiger partial charge in [0.2, 0.25) is 0 Å². The zero-order chi connectivity index (χ0) is 15.6. The van der Waals surface area contributed by atoms with Crippen LogP contribution in [0.15, 0.2) is 30.3 Å². The van der Waals surface area contributed by atoms with Crippen molar-refractivity contribution in [3.05, 3.63) is 62.3 Å². The van der Waals surface area contributed by atoms with Gasteiger partial charge in [-0.05, 0) is 12.1 Å². The van der Waals surface area contributed by atoms with E-state index in [0.29, 0.717) is 10.8 Å². The third-order valence-corrected chi connectivity index (χ3v) is 3.74. The second kappa shape index (κ2) is 6.52. The Kier molecular flexibility index (Phi) is 4.93. The summed E-state index contributed by atoms with van der Waals surface area (Å²) in [6.07, 6.45) is 0. The van der Waals surface area contributed by atoms with Crippen molar-refractivity contribution in [2.24, 2.45) is 5.73 Å².